The molecule has 2 heterocycles. The summed E-state index contributed by atoms with van der Waals surface area (Å²) in [6.45, 7) is 8.93. The molecule has 2 fully saturated rings. The molecule has 1 aliphatic carbocycles. The van der Waals surface area contributed by atoms with Crippen LogP contribution in [0.5, 0.6) is 0 Å². The largest absolute Gasteiger partial charge is 0.369 e. The van der Waals surface area contributed by atoms with E-state index in [0.717, 1.165) is 56.0 Å². The average molecular weight is 469 g/mol. The molecule has 1 saturated carbocycles. The van der Waals surface area contributed by atoms with E-state index in [4.69, 9.17) is 12.2 Å². The van der Waals surface area contributed by atoms with Crippen molar-refractivity contribution in [1.82, 2.24) is 15.1 Å². The van der Waals surface area contributed by atoms with E-state index in [-0.39, 0.29) is 0 Å². The highest BCUT2D eigenvalue weighted by Crippen LogP contribution is 2.31. The Labute approximate surface area is 207 Å². The highest BCUT2D eigenvalue weighted by Gasteiger charge is 2.35. The molecule has 1 aromatic rings. The van der Waals surface area contributed by atoms with Crippen LogP contribution in [0.1, 0.15) is 77.2 Å². The van der Waals surface area contributed by atoms with E-state index in [2.05, 4.69) is 64.3 Å². The molecule has 5 heteroatoms. The zero-order valence-electron chi connectivity index (χ0n) is 20.8. The van der Waals surface area contributed by atoms with Gasteiger partial charge in [0, 0.05) is 32.1 Å². The van der Waals surface area contributed by atoms with Gasteiger partial charge in [0.15, 0.2) is 5.11 Å². The lowest BCUT2D eigenvalue weighted by Gasteiger charge is -2.33. The van der Waals surface area contributed by atoms with Gasteiger partial charge < -0.3 is 15.1 Å². The number of amidine groups is 1. The van der Waals surface area contributed by atoms with Gasteiger partial charge in [0.2, 0.25) is 0 Å². The summed E-state index contributed by atoms with van der Waals surface area (Å²) in [6.07, 6.45) is 12.6. The Morgan fingerprint density at radius 1 is 1.09 bits per heavy atom. The Morgan fingerprint density at radius 3 is 2.64 bits per heavy atom. The Kier molecular flexibility index (Phi) is 9.05. The molecule has 4 nitrogen and oxygen atoms in total. The van der Waals surface area contributed by atoms with E-state index in [1.54, 1.807) is 0 Å². The van der Waals surface area contributed by atoms with Crippen molar-refractivity contribution in [2.45, 2.75) is 90.1 Å². The van der Waals surface area contributed by atoms with E-state index in [0.29, 0.717) is 12.1 Å². The predicted molar refractivity (Wildman–Crippen MR) is 144 cm³/mol. The fourth-order valence-corrected chi connectivity index (χ4v) is 6.22. The van der Waals surface area contributed by atoms with Gasteiger partial charge in [-0.25, -0.2) is 0 Å². The van der Waals surface area contributed by atoms with Crippen LogP contribution >= 0.6 is 12.2 Å². The van der Waals surface area contributed by atoms with Crippen molar-refractivity contribution in [1.29, 1.82) is 0 Å². The van der Waals surface area contributed by atoms with Crippen molar-refractivity contribution in [3.05, 3.63) is 35.9 Å². The minimum Gasteiger partial charge on any atom is -0.369 e. The third-order valence-electron chi connectivity index (χ3n) is 7.88. The fourth-order valence-electron chi connectivity index (χ4n) is 5.83. The highest BCUT2D eigenvalue weighted by molar-refractivity contribution is 7.80. The van der Waals surface area contributed by atoms with E-state index in [1.807, 2.05) is 0 Å². The molecule has 182 valence electrons. The summed E-state index contributed by atoms with van der Waals surface area (Å²) in [6, 6.07) is 12.1. The van der Waals surface area contributed by atoms with Gasteiger partial charge in [0.05, 0.1) is 18.4 Å². The van der Waals surface area contributed by atoms with E-state index < -0.39 is 0 Å². The number of thiocarbonyl (C=S) groups is 1. The van der Waals surface area contributed by atoms with Gasteiger partial charge in [-0.15, -0.1) is 0 Å². The molecule has 1 N–H and O–H groups in total. The molecule has 0 amide bonds. The number of hydrogen-bond acceptors (Lipinski definition) is 3. The molecule has 2 atom stereocenters. The van der Waals surface area contributed by atoms with E-state index >= 15 is 0 Å². The van der Waals surface area contributed by atoms with Crippen molar-refractivity contribution in [3.63, 3.8) is 0 Å². The lowest BCUT2D eigenvalue weighted by atomic mass is 9.82. The minimum absolute atomic E-state index is 0.515. The first-order valence-electron chi connectivity index (χ1n) is 13.5. The SMILES string of the molecule is CCCC1=NC[C@H](CCCCN2C[C@H](Cc3ccccc3)N(CC3CCC(C)CC3)C2=S)N1. The summed E-state index contributed by atoms with van der Waals surface area (Å²) < 4.78 is 0. The number of rotatable bonds is 11. The Bertz CT molecular complexity index is 771. The first kappa shape index (κ1) is 24.5. The maximum atomic E-state index is 6.07. The van der Waals surface area contributed by atoms with Gasteiger partial charge in [0.25, 0.3) is 0 Å². The summed E-state index contributed by atoms with van der Waals surface area (Å²) in [5, 5.41) is 4.73. The van der Waals surface area contributed by atoms with Crippen LogP contribution in [0.15, 0.2) is 35.3 Å². The van der Waals surface area contributed by atoms with E-state index in [1.165, 1.54) is 62.8 Å². The third-order valence-corrected chi connectivity index (χ3v) is 8.38. The monoisotopic (exact) mass is 468 g/mol. The van der Waals surface area contributed by atoms with Gasteiger partial charge in [-0.3, -0.25) is 4.99 Å². The van der Waals surface area contributed by atoms with Crippen molar-refractivity contribution in [2.75, 3.05) is 26.2 Å². The molecule has 33 heavy (non-hydrogen) atoms. The molecule has 0 unspecified atom stereocenters. The molecule has 2 aliphatic heterocycles. The second-order valence-electron chi connectivity index (χ2n) is 10.7. The number of aliphatic imine (C=N–C) groups is 1. The third kappa shape index (κ3) is 6.94. The predicted octanol–water partition coefficient (Wildman–Crippen LogP) is 5.67. The quantitative estimate of drug-likeness (QED) is 0.335. The summed E-state index contributed by atoms with van der Waals surface area (Å²) in [4.78, 5) is 9.78. The maximum Gasteiger partial charge on any atom is 0.171 e. The van der Waals surface area contributed by atoms with Crippen molar-refractivity contribution >= 4 is 23.2 Å². The zero-order valence-corrected chi connectivity index (χ0v) is 21.7. The van der Waals surface area contributed by atoms with Crippen LogP contribution in [-0.2, 0) is 6.42 Å². The molecule has 0 bridgehead atoms. The van der Waals surface area contributed by atoms with Crippen molar-refractivity contribution in [2.24, 2.45) is 16.8 Å². The lowest BCUT2D eigenvalue weighted by molar-refractivity contribution is 0.221. The molecule has 0 aromatic heterocycles. The number of benzene rings is 1. The lowest BCUT2D eigenvalue weighted by Crippen LogP contribution is -2.40. The van der Waals surface area contributed by atoms with Crippen molar-refractivity contribution in [3.8, 4) is 0 Å². The Balaban J connectivity index is 1.28. The standard InChI is InChI=1S/C28H44N4S/c1-3-9-27-29-19-25(30-27)12-7-8-17-31-21-26(18-23-10-5-4-6-11-23)32(28(31)33)20-24-15-13-22(2)14-16-24/h4-6,10-11,22,24-26H,3,7-9,12-21H2,1-2H3,(H,29,30)/t22?,24?,25-,26-/m0/s1. The van der Waals surface area contributed by atoms with Gasteiger partial charge in [0.1, 0.15) is 0 Å². The highest BCUT2D eigenvalue weighted by atomic mass is 32.1. The smallest absolute Gasteiger partial charge is 0.171 e. The summed E-state index contributed by atoms with van der Waals surface area (Å²) in [5.41, 5.74) is 1.43. The zero-order chi connectivity index (χ0) is 23.0. The average Bonchev–Trinajstić information content (AvgIpc) is 3.39. The fraction of sp³-hybridized carbons (Fsp3) is 0.714. The van der Waals surface area contributed by atoms with Crippen LogP contribution in [-0.4, -0.2) is 59.0 Å². The second kappa shape index (κ2) is 12.2. The van der Waals surface area contributed by atoms with Crippen LogP contribution in [0, 0.1) is 11.8 Å². The second-order valence-corrected chi connectivity index (χ2v) is 11.1. The molecular formula is C28H44N4S. The number of nitrogens with zero attached hydrogens (tertiary/aromatic N) is 3. The van der Waals surface area contributed by atoms with Crippen LogP contribution in [0.4, 0.5) is 0 Å². The minimum atomic E-state index is 0.515. The molecular weight excluding hydrogens is 424 g/mol. The number of nitrogens with one attached hydrogen (secondary N) is 1. The van der Waals surface area contributed by atoms with Crippen molar-refractivity contribution < 1.29 is 0 Å². The Morgan fingerprint density at radius 2 is 1.88 bits per heavy atom. The summed E-state index contributed by atoms with van der Waals surface area (Å²) >= 11 is 6.07. The van der Waals surface area contributed by atoms with Gasteiger partial charge in [-0.2, -0.15) is 0 Å². The Hall–Kier alpha value is -1.62. The van der Waals surface area contributed by atoms with E-state index in [9.17, 15) is 0 Å². The summed E-state index contributed by atoms with van der Waals surface area (Å²) in [5.74, 6) is 2.93. The molecule has 1 aromatic carbocycles. The molecule has 3 aliphatic rings. The van der Waals surface area contributed by atoms with Gasteiger partial charge in [-0.05, 0) is 74.6 Å². The maximum absolute atomic E-state index is 6.07. The number of hydrogen-bond donors (Lipinski definition) is 1. The normalized spacial score (nSPS) is 27.7. The van der Waals surface area contributed by atoms with Gasteiger partial charge in [-0.1, -0.05) is 57.0 Å². The van der Waals surface area contributed by atoms with Gasteiger partial charge >= 0.3 is 0 Å². The van der Waals surface area contributed by atoms with Crippen LogP contribution < -0.4 is 5.32 Å². The summed E-state index contributed by atoms with van der Waals surface area (Å²) in [7, 11) is 0. The first-order valence-corrected chi connectivity index (χ1v) is 13.9. The number of unbranched alkanes of at least 4 members (excludes halogenated alkanes) is 1. The molecule has 1 saturated heterocycles. The molecule has 0 radical (unpaired) electrons. The van der Waals surface area contributed by atoms with Crippen LogP contribution in [0.25, 0.3) is 0 Å². The topological polar surface area (TPSA) is 30.9 Å². The van der Waals surface area contributed by atoms with Crippen LogP contribution in [0.3, 0.4) is 0 Å². The first-order chi connectivity index (χ1) is 16.1. The molecule has 4 rings (SSSR count). The molecule has 0 spiro atoms. The van der Waals surface area contributed by atoms with Crippen LogP contribution in [0.2, 0.25) is 0 Å².